The molecular weight excluding hydrogens is 360 g/mol. The maximum Gasteiger partial charge on any atom is 0.238 e. The molecule has 0 unspecified atom stereocenters. The van der Waals surface area contributed by atoms with E-state index in [9.17, 15) is 13.6 Å². The van der Waals surface area contributed by atoms with Crippen molar-refractivity contribution in [3.8, 4) is 0 Å². The third-order valence-electron chi connectivity index (χ3n) is 3.22. The van der Waals surface area contributed by atoms with Crippen LogP contribution in [0.4, 0.5) is 14.5 Å². The fraction of sp³-hybridized carbons (Fsp3) is 0.133. The normalized spacial score (nSPS) is 18.3. The summed E-state index contributed by atoms with van der Waals surface area (Å²) in [5.41, 5.74) is 0.532. The Labute approximate surface area is 133 Å². The molecule has 0 N–H and O–H groups in total. The van der Waals surface area contributed by atoms with Gasteiger partial charge in [0.15, 0.2) is 0 Å². The van der Waals surface area contributed by atoms with Gasteiger partial charge in [-0.25, -0.2) is 8.78 Å². The highest BCUT2D eigenvalue weighted by Crippen LogP contribution is 2.45. The number of amides is 1. The van der Waals surface area contributed by atoms with Crippen LogP contribution in [0.2, 0.25) is 0 Å². The van der Waals surface area contributed by atoms with Crippen molar-refractivity contribution < 1.29 is 13.6 Å². The Balaban J connectivity index is 2.11. The molecule has 1 atom stereocenters. The second-order valence-corrected chi connectivity index (χ2v) is 6.44. The van der Waals surface area contributed by atoms with Crippen LogP contribution < -0.4 is 4.90 Å². The van der Waals surface area contributed by atoms with Crippen molar-refractivity contribution in [2.45, 2.75) is 5.37 Å². The number of nitrogens with zero attached hydrogens (tertiary/aromatic N) is 1. The number of halogens is 3. The summed E-state index contributed by atoms with van der Waals surface area (Å²) in [6.07, 6.45) is 0. The fourth-order valence-electron chi connectivity index (χ4n) is 2.29. The van der Waals surface area contributed by atoms with Crippen molar-refractivity contribution in [2.24, 2.45) is 0 Å². The lowest BCUT2D eigenvalue weighted by molar-refractivity contribution is -0.115. The number of carbonyl (C=O) groups is 1. The number of thioether (sulfide) groups is 1. The van der Waals surface area contributed by atoms with E-state index in [4.69, 9.17) is 0 Å². The molecule has 0 aliphatic carbocycles. The van der Waals surface area contributed by atoms with Crippen LogP contribution in [0.3, 0.4) is 0 Å². The Kier molecular flexibility index (Phi) is 3.99. The van der Waals surface area contributed by atoms with E-state index in [-0.39, 0.29) is 17.3 Å². The van der Waals surface area contributed by atoms with Crippen molar-refractivity contribution in [1.29, 1.82) is 0 Å². The summed E-state index contributed by atoms with van der Waals surface area (Å²) in [7, 11) is 0. The number of anilines is 1. The van der Waals surface area contributed by atoms with E-state index >= 15 is 0 Å². The molecule has 1 aliphatic heterocycles. The number of hydrogen-bond acceptors (Lipinski definition) is 2. The van der Waals surface area contributed by atoms with Gasteiger partial charge in [-0.2, -0.15) is 0 Å². The summed E-state index contributed by atoms with van der Waals surface area (Å²) in [4.78, 5) is 13.3. The fourth-order valence-corrected chi connectivity index (χ4v) is 4.14. The van der Waals surface area contributed by atoms with Gasteiger partial charge < -0.3 is 0 Å². The second kappa shape index (κ2) is 5.77. The zero-order valence-electron chi connectivity index (χ0n) is 10.7. The Hall–Kier alpha value is -1.40. The number of para-hydroxylation sites is 1. The number of carbonyl (C=O) groups excluding carboxylic acids is 1. The van der Waals surface area contributed by atoms with E-state index in [1.54, 1.807) is 0 Å². The van der Waals surface area contributed by atoms with Gasteiger partial charge in [-0.3, -0.25) is 9.69 Å². The number of benzene rings is 2. The van der Waals surface area contributed by atoms with Crippen LogP contribution in [-0.4, -0.2) is 11.7 Å². The zero-order valence-corrected chi connectivity index (χ0v) is 13.1. The summed E-state index contributed by atoms with van der Waals surface area (Å²) in [6.45, 7) is 0. The largest absolute Gasteiger partial charge is 0.290 e. The molecule has 1 amide bonds. The number of hydrogen-bond donors (Lipinski definition) is 0. The maximum atomic E-state index is 14.0. The lowest BCUT2D eigenvalue weighted by Gasteiger charge is -2.25. The van der Waals surface area contributed by atoms with Crippen molar-refractivity contribution >= 4 is 39.3 Å². The lowest BCUT2D eigenvalue weighted by atomic mass is 10.2. The molecule has 1 saturated heterocycles. The lowest BCUT2D eigenvalue weighted by Crippen LogP contribution is -2.29. The topological polar surface area (TPSA) is 20.3 Å². The quantitative estimate of drug-likeness (QED) is 0.776. The second-order valence-electron chi connectivity index (χ2n) is 4.52. The predicted octanol–water partition coefficient (Wildman–Crippen LogP) is 4.51. The third kappa shape index (κ3) is 2.58. The van der Waals surface area contributed by atoms with Crippen LogP contribution in [0.5, 0.6) is 0 Å². The minimum absolute atomic E-state index is 0.194. The van der Waals surface area contributed by atoms with E-state index in [1.165, 1.54) is 22.7 Å². The molecule has 0 spiro atoms. The molecule has 0 bridgehead atoms. The van der Waals surface area contributed by atoms with Crippen molar-refractivity contribution in [1.82, 2.24) is 0 Å². The summed E-state index contributed by atoms with van der Waals surface area (Å²) in [5.74, 6) is -1.57. The zero-order chi connectivity index (χ0) is 15.0. The maximum absolute atomic E-state index is 14.0. The molecule has 0 radical (unpaired) electrons. The Morgan fingerprint density at radius 1 is 1.10 bits per heavy atom. The molecule has 1 aliphatic rings. The molecule has 1 fully saturated rings. The monoisotopic (exact) mass is 369 g/mol. The third-order valence-corrected chi connectivity index (χ3v) is 5.13. The molecule has 0 saturated carbocycles. The van der Waals surface area contributed by atoms with Crippen LogP contribution in [0.25, 0.3) is 0 Å². The number of rotatable bonds is 2. The minimum Gasteiger partial charge on any atom is -0.290 e. The molecule has 1 heterocycles. The molecule has 21 heavy (non-hydrogen) atoms. The van der Waals surface area contributed by atoms with E-state index in [1.807, 2.05) is 24.3 Å². The molecule has 6 heteroatoms. The average molecular weight is 370 g/mol. The van der Waals surface area contributed by atoms with Crippen molar-refractivity contribution in [3.63, 3.8) is 0 Å². The van der Waals surface area contributed by atoms with Gasteiger partial charge in [0.25, 0.3) is 0 Å². The molecule has 2 aromatic carbocycles. The summed E-state index contributed by atoms with van der Waals surface area (Å²) < 4.78 is 28.8. The van der Waals surface area contributed by atoms with Crippen LogP contribution in [-0.2, 0) is 4.79 Å². The van der Waals surface area contributed by atoms with Crippen LogP contribution >= 0.6 is 27.7 Å². The van der Waals surface area contributed by atoms with Crippen LogP contribution in [0, 0.1) is 11.6 Å². The van der Waals surface area contributed by atoms with Gasteiger partial charge in [0.05, 0.1) is 5.75 Å². The molecule has 2 nitrogen and oxygen atoms in total. The van der Waals surface area contributed by atoms with Gasteiger partial charge in [-0.1, -0.05) is 40.2 Å². The Morgan fingerprint density at radius 3 is 2.43 bits per heavy atom. The van der Waals surface area contributed by atoms with Gasteiger partial charge >= 0.3 is 0 Å². The predicted molar refractivity (Wildman–Crippen MR) is 83.2 cm³/mol. The van der Waals surface area contributed by atoms with Gasteiger partial charge in [-0.05, 0) is 23.8 Å². The Bertz CT molecular complexity index is 690. The minimum atomic E-state index is -0.733. The molecule has 2 aromatic rings. The first kappa shape index (κ1) is 14.5. The smallest absolute Gasteiger partial charge is 0.238 e. The van der Waals surface area contributed by atoms with Crippen molar-refractivity contribution in [3.05, 3.63) is 64.1 Å². The molecule has 108 valence electrons. The highest BCUT2D eigenvalue weighted by Gasteiger charge is 2.37. The molecule has 0 aromatic heterocycles. The van der Waals surface area contributed by atoms with Crippen molar-refractivity contribution in [2.75, 3.05) is 10.7 Å². The molecule has 3 rings (SSSR count). The first-order valence-corrected chi connectivity index (χ1v) is 8.06. The molecular formula is C15H10BrF2NOS. The van der Waals surface area contributed by atoms with Gasteiger partial charge in [0, 0.05) is 4.47 Å². The van der Waals surface area contributed by atoms with Gasteiger partial charge in [-0.15, -0.1) is 11.8 Å². The van der Waals surface area contributed by atoms with E-state index in [2.05, 4.69) is 15.9 Å². The van der Waals surface area contributed by atoms with Gasteiger partial charge in [0.1, 0.15) is 22.7 Å². The standard InChI is InChI=1S/C15H10BrF2NOS/c16-10-5-2-1-4-9(10)15-19(13(20)8-21-15)14-11(17)6-3-7-12(14)18/h1-7,15H,8H2/t15-/m1/s1. The van der Waals surface area contributed by atoms with Gasteiger partial charge in [0.2, 0.25) is 5.91 Å². The summed E-state index contributed by atoms with van der Waals surface area (Å²) in [5, 5.41) is -0.445. The SMILES string of the molecule is O=C1CS[C@H](c2ccccc2Br)N1c1c(F)cccc1F. The average Bonchev–Trinajstić information content (AvgIpc) is 2.81. The van der Waals surface area contributed by atoms with E-state index in [0.29, 0.717) is 0 Å². The van der Waals surface area contributed by atoms with E-state index in [0.717, 1.165) is 22.2 Å². The highest BCUT2D eigenvalue weighted by atomic mass is 79.9. The Morgan fingerprint density at radius 2 is 1.76 bits per heavy atom. The van der Waals surface area contributed by atoms with E-state index < -0.39 is 17.0 Å². The van der Waals surface area contributed by atoms with Crippen LogP contribution in [0.15, 0.2) is 46.9 Å². The highest BCUT2D eigenvalue weighted by molar-refractivity contribution is 9.10. The summed E-state index contributed by atoms with van der Waals surface area (Å²) >= 11 is 4.78. The van der Waals surface area contributed by atoms with Crippen LogP contribution in [0.1, 0.15) is 10.9 Å². The first-order valence-electron chi connectivity index (χ1n) is 6.21. The summed E-state index contributed by atoms with van der Waals surface area (Å²) in [6, 6.07) is 11.0. The first-order chi connectivity index (χ1) is 10.1.